The highest BCUT2D eigenvalue weighted by atomic mass is 28.3. The highest BCUT2D eigenvalue weighted by Gasteiger charge is 2.52. The van der Waals surface area contributed by atoms with Gasteiger partial charge in [0.25, 0.3) is 0 Å². The minimum atomic E-state index is -3.46. The Bertz CT molecular complexity index is 3240. The van der Waals surface area contributed by atoms with Gasteiger partial charge in [-0.25, -0.2) is 0 Å². The summed E-state index contributed by atoms with van der Waals surface area (Å²) >= 11 is 0. The summed E-state index contributed by atoms with van der Waals surface area (Å²) in [5.74, 6) is 0.231. The van der Waals surface area contributed by atoms with Gasteiger partial charge >= 0.3 is 0 Å². The summed E-state index contributed by atoms with van der Waals surface area (Å²) < 4.78 is 0. The van der Waals surface area contributed by atoms with Gasteiger partial charge in [-0.05, 0) is 228 Å². The molecular weight excluding hydrogens is 929 g/mol. The summed E-state index contributed by atoms with van der Waals surface area (Å²) in [7, 11) is -3.46. The van der Waals surface area contributed by atoms with Crippen molar-refractivity contribution in [2.75, 3.05) is 0 Å². The molecule has 0 aliphatic heterocycles. The van der Waals surface area contributed by atoms with Crippen molar-refractivity contribution in [2.45, 2.75) is 108 Å². The predicted molar refractivity (Wildman–Crippen MR) is 328 cm³/mol. The molecule has 0 spiro atoms. The monoisotopic (exact) mass is 1000 g/mol. The van der Waals surface area contributed by atoms with Crippen LogP contribution in [0.1, 0.15) is 128 Å². The molecule has 380 valence electrons. The Morgan fingerprint density at radius 1 is 0.289 bits per heavy atom. The Hall–Kier alpha value is -7.32. The second-order valence-electron chi connectivity index (χ2n) is 22.2. The fraction of sp³-hybridized carbons (Fsp3) is 0.227. The third-order valence-electron chi connectivity index (χ3n) is 18.0. The minimum absolute atomic E-state index is 0.231. The van der Waals surface area contributed by atoms with Gasteiger partial charge in [0.1, 0.15) is 0 Å². The van der Waals surface area contributed by atoms with Crippen LogP contribution >= 0.6 is 0 Å². The van der Waals surface area contributed by atoms with Gasteiger partial charge in [0, 0.05) is 0 Å². The number of hydrogen-bond donors (Lipinski definition) is 0. The van der Waals surface area contributed by atoms with Crippen LogP contribution in [0.25, 0.3) is 0 Å². The number of benzene rings is 9. The van der Waals surface area contributed by atoms with Gasteiger partial charge in [-0.3, -0.25) is 0 Å². The first-order valence-electron chi connectivity index (χ1n) is 27.8. The van der Waals surface area contributed by atoms with Crippen molar-refractivity contribution in [3.63, 3.8) is 0 Å². The third kappa shape index (κ3) is 10.1. The van der Waals surface area contributed by atoms with Crippen LogP contribution in [0.3, 0.4) is 0 Å². The predicted octanol–water partition coefficient (Wildman–Crippen LogP) is 16.4. The van der Waals surface area contributed by atoms with Crippen molar-refractivity contribution >= 4 is 23.6 Å². The van der Waals surface area contributed by atoms with Crippen LogP contribution in [-0.4, -0.2) is 8.07 Å². The van der Waals surface area contributed by atoms with Crippen LogP contribution in [0, 0.1) is 47.5 Å². The van der Waals surface area contributed by atoms with E-state index in [2.05, 4.69) is 269 Å². The largest absolute Gasteiger partial charge is 0.177 e. The molecule has 0 bridgehead atoms. The highest BCUT2D eigenvalue weighted by Crippen LogP contribution is 2.44. The number of hydrogen-bond acceptors (Lipinski definition) is 0. The van der Waals surface area contributed by atoms with E-state index in [4.69, 9.17) is 0 Å². The van der Waals surface area contributed by atoms with Crippen molar-refractivity contribution in [3.8, 4) is 0 Å². The van der Waals surface area contributed by atoms with Crippen LogP contribution in [0.2, 0.25) is 0 Å². The molecule has 1 heteroatoms. The van der Waals surface area contributed by atoms with Gasteiger partial charge in [-0.15, -0.1) is 0 Å². The van der Waals surface area contributed by atoms with Crippen molar-refractivity contribution in [2.24, 2.45) is 5.92 Å². The van der Waals surface area contributed by atoms with Crippen LogP contribution in [0.4, 0.5) is 0 Å². The van der Waals surface area contributed by atoms with E-state index in [0.717, 1.165) is 38.5 Å². The summed E-state index contributed by atoms with van der Waals surface area (Å²) in [4.78, 5) is 0. The van der Waals surface area contributed by atoms with Crippen LogP contribution in [0.5, 0.6) is 0 Å². The molecule has 9 aromatic carbocycles. The Balaban J connectivity index is 1.44. The standard InChI is InChI=1S/C75H76Si/c1-50-51(2)53(4)75(52(50)3)76(72-47-66(41-60-29-17-11-18-30-60)54(5)69(57(72)8)44-63-35-23-14-24-36-63,73-48-67(42-61-31-19-12-20-32-61)55(6)70(58(73)9)45-64-37-25-15-26-38-64)74-49-68(43-62-33-21-13-22-34-62)56(7)71(59(74)10)46-65-39-27-16-28-40-65/h11-40,47-49,52H,41-46H2,1-10H3. The quantitative estimate of drug-likeness (QED) is 0.0668. The maximum atomic E-state index is 2.77. The molecule has 1 aliphatic rings. The van der Waals surface area contributed by atoms with Gasteiger partial charge < -0.3 is 0 Å². The van der Waals surface area contributed by atoms with Crippen molar-refractivity contribution in [1.29, 1.82) is 0 Å². The van der Waals surface area contributed by atoms with Crippen molar-refractivity contribution in [1.82, 2.24) is 0 Å². The fourth-order valence-electron chi connectivity index (χ4n) is 13.3. The Labute approximate surface area is 457 Å². The molecule has 10 rings (SSSR count). The highest BCUT2D eigenvalue weighted by molar-refractivity contribution is 7.17. The second kappa shape index (κ2) is 22.5. The Morgan fingerprint density at radius 3 is 0.750 bits per heavy atom. The molecule has 0 aromatic heterocycles. The maximum Gasteiger partial charge on any atom is 0.177 e. The normalized spacial score (nSPS) is 13.7. The van der Waals surface area contributed by atoms with E-state index >= 15 is 0 Å². The summed E-state index contributed by atoms with van der Waals surface area (Å²) in [6.45, 7) is 24.8. The molecule has 0 N–H and O–H groups in total. The molecule has 9 aromatic rings. The van der Waals surface area contributed by atoms with E-state index in [-0.39, 0.29) is 5.92 Å². The van der Waals surface area contributed by atoms with Crippen molar-refractivity contribution in [3.05, 3.63) is 322 Å². The molecular formula is C75H76Si. The van der Waals surface area contributed by atoms with Gasteiger partial charge in [-0.2, -0.15) is 0 Å². The molecule has 0 saturated heterocycles. The SMILES string of the molecule is CC1=C(C)C(C)C([Si](c2cc(Cc3ccccc3)c(C)c(Cc3ccccc3)c2C)(c2cc(Cc3ccccc3)c(C)c(Cc3ccccc3)c2C)c2cc(Cc3ccccc3)c(C)c(Cc3ccccc3)c2C)=C1C. The van der Waals surface area contributed by atoms with E-state index in [1.54, 1.807) is 20.8 Å². The fourth-order valence-corrected chi connectivity index (χ4v) is 20.0. The summed E-state index contributed by atoms with van der Waals surface area (Å²) in [6.07, 6.45) is 5.23. The number of allylic oxidation sites excluding steroid dienone is 4. The first-order chi connectivity index (χ1) is 36.8. The molecule has 0 fully saturated rings. The van der Waals surface area contributed by atoms with Crippen LogP contribution in [0.15, 0.2) is 222 Å². The van der Waals surface area contributed by atoms with Crippen molar-refractivity contribution < 1.29 is 0 Å². The lowest BCUT2D eigenvalue weighted by Crippen LogP contribution is -2.72. The maximum absolute atomic E-state index is 3.46. The molecule has 1 aliphatic carbocycles. The van der Waals surface area contributed by atoms with Crippen LogP contribution < -0.4 is 15.6 Å². The summed E-state index contributed by atoms with van der Waals surface area (Å²) in [5, 5.41) is 6.29. The molecule has 0 heterocycles. The lowest BCUT2D eigenvalue weighted by atomic mass is 9.89. The molecule has 0 amide bonds. The van der Waals surface area contributed by atoms with E-state index in [1.165, 1.54) is 117 Å². The molecule has 1 atom stereocenters. The number of rotatable bonds is 16. The zero-order valence-electron chi connectivity index (χ0n) is 46.9. The zero-order valence-corrected chi connectivity index (χ0v) is 47.9. The van der Waals surface area contributed by atoms with E-state index < -0.39 is 8.07 Å². The molecule has 0 radical (unpaired) electrons. The lowest BCUT2D eigenvalue weighted by molar-refractivity contribution is 0.851. The average Bonchev–Trinajstić information content (AvgIpc) is 3.67. The average molecular weight is 1010 g/mol. The Morgan fingerprint density at radius 2 is 0.526 bits per heavy atom. The van der Waals surface area contributed by atoms with E-state index in [1.807, 2.05) is 0 Å². The summed E-state index contributed by atoms with van der Waals surface area (Å²) in [5.41, 5.74) is 29.8. The van der Waals surface area contributed by atoms with Crippen LogP contribution in [-0.2, 0) is 38.5 Å². The molecule has 0 saturated carbocycles. The van der Waals surface area contributed by atoms with E-state index in [9.17, 15) is 0 Å². The zero-order chi connectivity index (χ0) is 53.1. The molecule has 1 unspecified atom stereocenters. The Kier molecular flexibility index (Phi) is 15.4. The molecule has 76 heavy (non-hydrogen) atoms. The first kappa shape index (κ1) is 52.1. The smallest absolute Gasteiger partial charge is 0.0636 e. The van der Waals surface area contributed by atoms with Gasteiger partial charge in [-0.1, -0.05) is 223 Å². The first-order valence-corrected chi connectivity index (χ1v) is 29.8. The minimum Gasteiger partial charge on any atom is -0.0636 e. The topological polar surface area (TPSA) is 0 Å². The summed E-state index contributed by atoms with van der Waals surface area (Å²) in [6, 6.07) is 75.8. The third-order valence-corrected chi connectivity index (χ3v) is 23.6. The van der Waals surface area contributed by atoms with Gasteiger partial charge in [0.15, 0.2) is 8.07 Å². The lowest BCUT2D eigenvalue weighted by Gasteiger charge is -2.44. The van der Waals surface area contributed by atoms with Gasteiger partial charge in [0.05, 0.1) is 0 Å². The van der Waals surface area contributed by atoms with Gasteiger partial charge in [0.2, 0.25) is 0 Å². The second-order valence-corrected chi connectivity index (χ2v) is 25.9. The molecule has 0 nitrogen and oxygen atoms in total. The van der Waals surface area contributed by atoms with E-state index in [0.29, 0.717) is 0 Å².